The summed E-state index contributed by atoms with van der Waals surface area (Å²) < 4.78 is 1.18. The highest BCUT2D eigenvalue weighted by molar-refractivity contribution is 9.10. The Hall–Kier alpha value is -0.780. The molecule has 0 aliphatic carbocycles. The molecule has 0 fully saturated rings. The van der Waals surface area contributed by atoms with Crippen molar-refractivity contribution < 1.29 is 0 Å². The Morgan fingerprint density at radius 2 is 2.24 bits per heavy atom. The summed E-state index contributed by atoms with van der Waals surface area (Å²) in [5.74, 6) is 2.71. The predicted octanol–water partition coefficient (Wildman–Crippen LogP) is 4.21. The maximum absolute atomic E-state index is 5.30. The Kier molecular flexibility index (Phi) is 6.32. The van der Waals surface area contributed by atoms with E-state index in [0.717, 1.165) is 25.8 Å². The first-order valence-corrected chi connectivity index (χ1v) is 6.91. The molecule has 0 heterocycles. The van der Waals surface area contributed by atoms with Gasteiger partial charge in [0.25, 0.3) is 0 Å². The normalized spacial score (nSPS) is 12.1. The second-order valence-corrected chi connectivity index (χ2v) is 5.02. The van der Waals surface area contributed by atoms with Gasteiger partial charge < -0.3 is 5.32 Å². The number of halogens is 1. The van der Waals surface area contributed by atoms with Gasteiger partial charge in [-0.15, -0.1) is 12.3 Å². The first kappa shape index (κ1) is 14.3. The van der Waals surface area contributed by atoms with Crippen LogP contribution in [0.3, 0.4) is 0 Å². The van der Waals surface area contributed by atoms with Crippen molar-refractivity contribution in [2.45, 2.75) is 39.2 Å². The summed E-state index contributed by atoms with van der Waals surface area (Å²) in [7, 11) is 0. The number of benzene rings is 1. The van der Waals surface area contributed by atoms with Crippen LogP contribution >= 0.6 is 15.9 Å². The molecule has 0 spiro atoms. The molecule has 1 aromatic rings. The van der Waals surface area contributed by atoms with Crippen molar-refractivity contribution in [3.05, 3.63) is 33.8 Å². The Balaban J connectivity index is 2.82. The summed E-state index contributed by atoms with van der Waals surface area (Å²) in [6, 6.07) is 6.79. The number of rotatable bonds is 6. The van der Waals surface area contributed by atoms with Crippen molar-refractivity contribution in [3.8, 4) is 12.3 Å². The van der Waals surface area contributed by atoms with Crippen molar-refractivity contribution in [3.63, 3.8) is 0 Å². The van der Waals surface area contributed by atoms with E-state index in [1.54, 1.807) is 0 Å². The molecular weight excluding hydrogens is 274 g/mol. The second-order valence-electron chi connectivity index (χ2n) is 4.16. The standard InChI is InChI=1S/C15H20BrN/c1-4-6-7-11-15(17-5-2)13-9-8-10-14(16)12(13)3/h1,8-10,15,17H,5-7,11H2,2-3H3. The van der Waals surface area contributed by atoms with Crippen molar-refractivity contribution in [2.75, 3.05) is 6.54 Å². The average Bonchev–Trinajstić information content (AvgIpc) is 2.32. The number of nitrogens with one attached hydrogen (secondary N) is 1. The molecule has 2 heteroatoms. The Labute approximate surface area is 113 Å². The quantitative estimate of drug-likeness (QED) is 0.612. The lowest BCUT2D eigenvalue weighted by Crippen LogP contribution is -2.21. The Morgan fingerprint density at radius 1 is 1.47 bits per heavy atom. The molecule has 1 unspecified atom stereocenters. The molecule has 1 N–H and O–H groups in total. The fourth-order valence-electron chi connectivity index (χ4n) is 2.02. The van der Waals surface area contributed by atoms with Gasteiger partial charge in [-0.3, -0.25) is 0 Å². The number of hydrogen-bond acceptors (Lipinski definition) is 1. The van der Waals surface area contributed by atoms with Crippen LogP contribution in [0.15, 0.2) is 22.7 Å². The minimum atomic E-state index is 0.408. The van der Waals surface area contributed by atoms with Crippen LogP contribution in [-0.4, -0.2) is 6.54 Å². The monoisotopic (exact) mass is 293 g/mol. The fraction of sp³-hybridized carbons (Fsp3) is 0.467. The summed E-state index contributed by atoms with van der Waals surface area (Å²) >= 11 is 3.59. The Bertz CT molecular complexity index is 392. The molecule has 17 heavy (non-hydrogen) atoms. The van der Waals surface area contributed by atoms with Crippen LogP contribution in [0.4, 0.5) is 0 Å². The van der Waals surface area contributed by atoms with Crippen LogP contribution in [0.2, 0.25) is 0 Å². The van der Waals surface area contributed by atoms with E-state index in [9.17, 15) is 0 Å². The summed E-state index contributed by atoms with van der Waals surface area (Å²) in [4.78, 5) is 0. The van der Waals surface area contributed by atoms with E-state index in [-0.39, 0.29) is 0 Å². The van der Waals surface area contributed by atoms with Gasteiger partial charge in [-0.05, 0) is 43.5 Å². The maximum atomic E-state index is 5.30. The molecular formula is C15H20BrN. The van der Waals surface area contributed by atoms with Crippen LogP contribution in [0.1, 0.15) is 43.4 Å². The van der Waals surface area contributed by atoms with Crippen LogP contribution in [0.5, 0.6) is 0 Å². The van der Waals surface area contributed by atoms with Crippen molar-refractivity contribution in [2.24, 2.45) is 0 Å². The van der Waals surface area contributed by atoms with E-state index in [2.05, 4.69) is 59.2 Å². The van der Waals surface area contributed by atoms with Crippen LogP contribution in [-0.2, 0) is 0 Å². The van der Waals surface area contributed by atoms with Crippen molar-refractivity contribution in [1.29, 1.82) is 0 Å². The lowest BCUT2D eigenvalue weighted by molar-refractivity contribution is 0.499. The minimum Gasteiger partial charge on any atom is -0.310 e. The van der Waals surface area contributed by atoms with Crippen LogP contribution in [0, 0.1) is 19.3 Å². The van der Waals surface area contributed by atoms with Crippen molar-refractivity contribution >= 4 is 15.9 Å². The highest BCUT2D eigenvalue weighted by Gasteiger charge is 2.13. The fourth-order valence-corrected chi connectivity index (χ4v) is 2.41. The zero-order chi connectivity index (χ0) is 12.7. The average molecular weight is 294 g/mol. The highest BCUT2D eigenvalue weighted by atomic mass is 79.9. The van der Waals surface area contributed by atoms with E-state index in [1.165, 1.54) is 15.6 Å². The SMILES string of the molecule is C#CCCCC(NCC)c1cccc(Br)c1C. The third kappa shape index (κ3) is 4.18. The van der Waals surface area contributed by atoms with E-state index >= 15 is 0 Å². The molecule has 1 aromatic carbocycles. The summed E-state index contributed by atoms with van der Waals surface area (Å²) in [5.41, 5.74) is 2.69. The third-order valence-electron chi connectivity index (χ3n) is 2.95. The van der Waals surface area contributed by atoms with E-state index in [4.69, 9.17) is 6.42 Å². The van der Waals surface area contributed by atoms with Crippen LogP contribution < -0.4 is 5.32 Å². The van der Waals surface area contributed by atoms with E-state index in [1.807, 2.05) is 0 Å². The number of hydrogen-bond donors (Lipinski definition) is 1. The number of unbranched alkanes of at least 4 members (excludes halogenated alkanes) is 1. The second kappa shape index (κ2) is 7.53. The molecule has 0 radical (unpaired) electrons. The smallest absolute Gasteiger partial charge is 0.0323 e. The molecule has 0 aliphatic rings. The van der Waals surface area contributed by atoms with E-state index < -0.39 is 0 Å². The van der Waals surface area contributed by atoms with Gasteiger partial charge in [-0.1, -0.05) is 35.0 Å². The predicted molar refractivity (Wildman–Crippen MR) is 78.0 cm³/mol. The Morgan fingerprint density at radius 3 is 2.88 bits per heavy atom. The zero-order valence-electron chi connectivity index (χ0n) is 10.6. The molecule has 0 bridgehead atoms. The first-order valence-electron chi connectivity index (χ1n) is 6.12. The lowest BCUT2D eigenvalue weighted by atomic mass is 9.97. The van der Waals surface area contributed by atoms with Gasteiger partial charge in [0.05, 0.1) is 0 Å². The van der Waals surface area contributed by atoms with Crippen LogP contribution in [0.25, 0.3) is 0 Å². The number of terminal acetylenes is 1. The molecule has 92 valence electrons. The van der Waals surface area contributed by atoms with Gasteiger partial charge >= 0.3 is 0 Å². The first-order chi connectivity index (χ1) is 8.20. The lowest BCUT2D eigenvalue weighted by Gasteiger charge is -2.20. The largest absolute Gasteiger partial charge is 0.310 e. The highest BCUT2D eigenvalue weighted by Crippen LogP contribution is 2.27. The molecule has 1 atom stereocenters. The molecule has 1 nitrogen and oxygen atoms in total. The molecule has 0 aliphatic heterocycles. The van der Waals surface area contributed by atoms with Gasteiger partial charge in [0, 0.05) is 16.9 Å². The van der Waals surface area contributed by atoms with Gasteiger partial charge in [-0.2, -0.15) is 0 Å². The summed E-state index contributed by atoms with van der Waals surface area (Å²) in [6.07, 6.45) is 8.32. The minimum absolute atomic E-state index is 0.408. The zero-order valence-corrected chi connectivity index (χ0v) is 12.2. The van der Waals surface area contributed by atoms with Crippen molar-refractivity contribution in [1.82, 2.24) is 5.32 Å². The van der Waals surface area contributed by atoms with Gasteiger partial charge in [0.15, 0.2) is 0 Å². The molecule has 0 saturated heterocycles. The third-order valence-corrected chi connectivity index (χ3v) is 3.81. The molecule has 1 rings (SSSR count). The van der Waals surface area contributed by atoms with Gasteiger partial charge in [0.1, 0.15) is 0 Å². The topological polar surface area (TPSA) is 12.0 Å². The maximum Gasteiger partial charge on any atom is 0.0323 e. The summed E-state index contributed by atoms with van der Waals surface area (Å²) in [6.45, 7) is 5.28. The molecule has 0 saturated carbocycles. The molecule has 0 aromatic heterocycles. The summed E-state index contributed by atoms with van der Waals surface area (Å²) in [5, 5.41) is 3.54. The van der Waals surface area contributed by atoms with Gasteiger partial charge in [0.2, 0.25) is 0 Å². The van der Waals surface area contributed by atoms with E-state index in [0.29, 0.717) is 6.04 Å². The van der Waals surface area contributed by atoms with Gasteiger partial charge in [-0.25, -0.2) is 0 Å². The molecule has 0 amide bonds.